The summed E-state index contributed by atoms with van der Waals surface area (Å²) in [4.78, 5) is 12.0. The first-order valence-electron chi connectivity index (χ1n) is 8.80. The largest absolute Gasteiger partial charge is 0.450 e. The zero-order valence-electron chi connectivity index (χ0n) is 14.8. The van der Waals surface area contributed by atoms with Gasteiger partial charge in [0, 0.05) is 5.57 Å². The fourth-order valence-electron chi connectivity index (χ4n) is 3.69. The van der Waals surface area contributed by atoms with Gasteiger partial charge in [-0.3, -0.25) is 0 Å². The molecule has 0 bridgehead atoms. The van der Waals surface area contributed by atoms with Gasteiger partial charge in [0.05, 0.1) is 11.7 Å². The molecule has 0 saturated carbocycles. The summed E-state index contributed by atoms with van der Waals surface area (Å²) in [7, 11) is 0. The van der Waals surface area contributed by atoms with Gasteiger partial charge in [0.1, 0.15) is 6.10 Å². The van der Waals surface area contributed by atoms with Gasteiger partial charge in [-0.2, -0.15) is 0 Å². The maximum atomic E-state index is 12.0. The lowest BCUT2D eigenvalue weighted by atomic mass is 9.91. The quantitative estimate of drug-likeness (QED) is 0.371. The number of epoxide rings is 1. The average Bonchev–Trinajstić information content (AvgIpc) is 3.06. The third-order valence-corrected chi connectivity index (χ3v) is 5.56. The topological polar surface area (TPSA) is 38.8 Å². The van der Waals surface area contributed by atoms with Crippen LogP contribution in [0.25, 0.3) is 0 Å². The second-order valence-corrected chi connectivity index (χ2v) is 7.54. The predicted octanol–water partition coefficient (Wildman–Crippen LogP) is 4.63. The van der Waals surface area contributed by atoms with E-state index >= 15 is 0 Å². The van der Waals surface area contributed by atoms with Crippen molar-refractivity contribution in [2.45, 2.75) is 84.0 Å². The van der Waals surface area contributed by atoms with Crippen LogP contribution < -0.4 is 0 Å². The van der Waals surface area contributed by atoms with Crippen LogP contribution in [0, 0.1) is 0 Å². The molecule has 0 aromatic carbocycles. The maximum absolute atomic E-state index is 12.0. The van der Waals surface area contributed by atoms with Crippen molar-refractivity contribution in [2.24, 2.45) is 0 Å². The first kappa shape index (κ1) is 16.5. The molecule has 1 saturated heterocycles. The molecule has 0 radical (unpaired) electrons. The summed E-state index contributed by atoms with van der Waals surface area (Å²) in [6, 6.07) is 0. The molecule has 3 rings (SSSR count). The summed E-state index contributed by atoms with van der Waals surface area (Å²) in [5.41, 5.74) is 4.67. The number of allylic oxidation sites excluding steroid dienone is 3. The number of hydrogen-bond donors (Lipinski definition) is 0. The molecule has 1 fully saturated rings. The number of carbonyl (C=O) groups excluding carboxylic acids is 1. The summed E-state index contributed by atoms with van der Waals surface area (Å²) >= 11 is 0. The summed E-state index contributed by atoms with van der Waals surface area (Å²) in [5, 5.41) is 0. The fourth-order valence-corrected chi connectivity index (χ4v) is 3.69. The van der Waals surface area contributed by atoms with Crippen molar-refractivity contribution in [1.29, 1.82) is 0 Å². The van der Waals surface area contributed by atoms with Gasteiger partial charge < -0.3 is 9.47 Å². The van der Waals surface area contributed by atoms with Gasteiger partial charge in [0.2, 0.25) is 0 Å². The number of carbonyl (C=O) groups is 1. The number of ether oxygens (including phenoxy) is 2. The molecule has 0 aromatic heterocycles. The third kappa shape index (κ3) is 3.60. The molecule has 2 aliphatic heterocycles. The van der Waals surface area contributed by atoms with Gasteiger partial charge in [-0.15, -0.1) is 0 Å². The van der Waals surface area contributed by atoms with E-state index in [0.29, 0.717) is 6.10 Å². The van der Waals surface area contributed by atoms with Crippen molar-refractivity contribution in [3.63, 3.8) is 0 Å². The Balaban J connectivity index is 1.82. The molecule has 2 unspecified atom stereocenters. The van der Waals surface area contributed by atoms with Crippen LogP contribution in [0.4, 0.5) is 0 Å². The molecule has 23 heavy (non-hydrogen) atoms. The molecule has 0 spiro atoms. The Hall–Kier alpha value is -1.35. The molecule has 3 atom stereocenters. The van der Waals surface area contributed by atoms with Crippen LogP contribution in [0.2, 0.25) is 0 Å². The van der Waals surface area contributed by atoms with E-state index in [1.54, 1.807) is 0 Å². The van der Waals surface area contributed by atoms with Crippen molar-refractivity contribution in [3.05, 3.63) is 34.4 Å². The van der Waals surface area contributed by atoms with Gasteiger partial charge in [-0.25, -0.2) is 4.79 Å². The molecular weight excluding hydrogens is 288 g/mol. The standard InChI is InChI=1S/C20H28O3/c1-13-6-5-7-14(2)12-17-16(15(3)19(21)22-17)10-11-20(4)18(23-20)9-8-13/h6,12,17-18H,5,7-11H2,1-4H3/b13-6+,14-12+/t17-,18?,20?/m0/s1. The summed E-state index contributed by atoms with van der Waals surface area (Å²) in [6.07, 6.45) is 10.8. The van der Waals surface area contributed by atoms with E-state index in [2.05, 4.69) is 32.9 Å². The van der Waals surface area contributed by atoms with Crippen molar-refractivity contribution < 1.29 is 14.3 Å². The van der Waals surface area contributed by atoms with Crippen molar-refractivity contribution in [2.75, 3.05) is 0 Å². The Labute approximate surface area is 139 Å². The van der Waals surface area contributed by atoms with Crippen LogP contribution in [0.1, 0.15) is 66.2 Å². The Morgan fingerprint density at radius 1 is 1.13 bits per heavy atom. The van der Waals surface area contributed by atoms with Crippen molar-refractivity contribution in [1.82, 2.24) is 0 Å². The highest BCUT2D eigenvalue weighted by atomic mass is 16.6. The second-order valence-electron chi connectivity index (χ2n) is 7.54. The first-order chi connectivity index (χ1) is 10.9. The third-order valence-electron chi connectivity index (χ3n) is 5.56. The normalized spacial score (nSPS) is 40.1. The fraction of sp³-hybridized carbons (Fsp3) is 0.650. The molecule has 3 nitrogen and oxygen atoms in total. The van der Waals surface area contributed by atoms with E-state index in [0.717, 1.165) is 49.7 Å². The van der Waals surface area contributed by atoms with Crippen LogP contribution in [-0.4, -0.2) is 23.8 Å². The Bertz CT molecular complexity index is 596. The average molecular weight is 316 g/mol. The zero-order chi connectivity index (χ0) is 16.6. The highest BCUT2D eigenvalue weighted by Crippen LogP contribution is 2.45. The smallest absolute Gasteiger partial charge is 0.334 e. The minimum absolute atomic E-state index is 0.0212. The minimum atomic E-state index is -0.170. The van der Waals surface area contributed by atoms with E-state index in [9.17, 15) is 4.79 Å². The van der Waals surface area contributed by atoms with Crippen molar-refractivity contribution in [3.8, 4) is 0 Å². The van der Waals surface area contributed by atoms with E-state index in [1.807, 2.05) is 6.92 Å². The number of hydrogen-bond acceptors (Lipinski definition) is 3. The van der Waals surface area contributed by atoms with Crippen molar-refractivity contribution >= 4 is 5.97 Å². The van der Waals surface area contributed by atoms with Crippen LogP contribution in [0.3, 0.4) is 0 Å². The molecule has 3 heteroatoms. The molecule has 2 heterocycles. The lowest BCUT2D eigenvalue weighted by molar-refractivity contribution is -0.138. The Kier molecular flexibility index (Phi) is 4.50. The van der Waals surface area contributed by atoms with Crippen LogP contribution in [0.15, 0.2) is 34.4 Å². The SMILES string of the molecule is CC1=C2CCC3(C)OC3CC/C(C)=C/CC/C(C)=C/[C@@H]2OC1=O. The summed E-state index contributed by atoms with van der Waals surface area (Å²) < 4.78 is 11.5. The van der Waals surface area contributed by atoms with E-state index in [4.69, 9.17) is 9.47 Å². The van der Waals surface area contributed by atoms with E-state index in [-0.39, 0.29) is 17.7 Å². The first-order valence-corrected chi connectivity index (χ1v) is 8.80. The van der Waals surface area contributed by atoms with Crippen LogP contribution in [-0.2, 0) is 14.3 Å². The predicted molar refractivity (Wildman–Crippen MR) is 91.1 cm³/mol. The molecular formula is C20H28O3. The molecule has 126 valence electrons. The molecule has 1 aliphatic carbocycles. The lowest BCUT2D eigenvalue weighted by Gasteiger charge is -2.14. The summed E-state index contributed by atoms with van der Waals surface area (Å²) in [5.74, 6) is -0.160. The highest BCUT2D eigenvalue weighted by molar-refractivity contribution is 5.92. The van der Waals surface area contributed by atoms with Gasteiger partial charge >= 0.3 is 5.97 Å². The number of fused-ring (bicyclic) bond motifs is 2. The minimum Gasteiger partial charge on any atom is -0.450 e. The summed E-state index contributed by atoms with van der Waals surface area (Å²) in [6.45, 7) is 8.44. The van der Waals surface area contributed by atoms with Crippen LogP contribution >= 0.6 is 0 Å². The second kappa shape index (κ2) is 6.27. The molecule has 0 N–H and O–H groups in total. The van der Waals surface area contributed by atoms with Gasteiger partial charge in [0.25, 0.3) is 0 Å². The van der Waals surface area contributed by atoms with E-state index in [1.165, 1.54) is 11.1 Å². The monoisotopic (exact) mass is 316 g/mol. The van der Waals surface area contributed by atoms with Crippen LogP contribution in [0.5, 0.6) is 0 Å². The number of esters is 1. The molecule has 0 amide bonds. The van der Waals surface area contributed by atoms with Gasteiger partial charge in [-0.05, 0) is 77.9 Å². The Morgan fingerprint density at radius 2 is 1.91 bits per heavy atom. The van der Waals surface area contributed by atoms with E-state index < -0.39 is 0 Å². The zero-order valence-corrected chi connectivity index (χ0v) is 14.8. The molecule has 3 aliphatic rings. The maximum Gasteiger partial charge on any atom is 0.334 e. The van der Waals surface area contributed by atoms with Gasteiger partial charge in [-0.1, -0.05) is 17.2 Å². The Morgan fingerprint density at radius 3 is 2.70 bits per heavy atom. The highest BCUT2D eigenvalue weighted by Gasteiger charge is 2.51. The van der Waals surface area contributed by atoms with Gasteiger partial charge in [0.15, 0.2) is 0 Å². The molecule has 0 aromatic rings. The lowest BCUT2D eigenvalue weighted by Crippen LogP contribution is -2.14. The number of rotatable bonds is 0.